The first-order valence-electron chi connectivity index (χ1n) is 11.9. The van der Waals surface area contributed by atoms with Gasteiger partial charge in [0.1, 0.15) is 18.2 Å². The summed E-state index contributed by atoms with van der Waals surface area (Å²) in [6.07, 6.45) is 1.05. The fourth-order valence-electron chi connectivity index (χ4n) is 5.15. The van der Waals surface area contributed by atoms with E-state index in [9.17, 15) is 14.0 Å². The van der Waals surface area contributed by atoms with E-state index < -0.39 is 5.82 Å². The van der Waals surface area contributed by atoms with Crippen LogP contribution in [0.1, 0.15) is 50.2 Å². The molecule has 0 spiro atoms. The highest BCUT2D eigenvalue weighted by molar-refractivity contribution is 6.07. The van der Waals surface area contributed by atoms with Crippen LogP contribution in [0.15, 0.2) is 90.1 Å². The van der Waals surface area contributed by atoms with Crippen LogP contribution in [0.4, 0.5) is 10.1 Å². The number of carbonyl (C=O) groups is 2. The van der Waals surface area contributed by atoms with Gasteiger partial charge >= 0.3 is 0 Å². The van der Waals surface area contributed by atoms with Crippen molar-refractivity contribution in [2.45, 2.75) is 45.6 Å². The summed E-state index contributed by atoms with van der Waals surface area (Å²) in [5.41, 5.74) is 3.12. The van der Waals surface area contributed by atoms with Crippen LogP contribution in [0.3, 0.4) is 0 Å². The Morgan fingerprint density at radius 1 is 0.914 bits per heavy atom. The van der Waals surface area contributed by atoms with Crippen molar-refractivity contribution in [3.8, 4) is 5.75 Å². The Labute approximate surface area is 205 Å². The standard InChI is InChI=1S/C30H28FNO3/c1-30(2)17-26-29(27(33)18-30)23(16-28(34)32(26)25-11-7-6-10-24(25)31)21-12-14-22(15-13-21)35-19-20-8-4-3-5-9-20/h3-15,23H,16-19H2,1-2H3. The number of nitrogens with zero attached hydrogens (tertiary/aromatic N) is 1. The van der Waals surface area contributed by atoms with Crippen molar-refractivity contribution < 1.29 is 18.7 Å². The molecule has 1 unspecified atom stereocenters. The number of Topliss-reactive ketones (excluding diaryl/α,β-unsaturated/α-hetero) is 1. The minimum atomic E-state index is -0.470. The number of para-hydroxylation sites is 1. The summed E-state index contributed by atoms with van der Waals surface area (Å²) in [7, 11) is 0. The van der Waals surface area contributed by atoms with Crippen molar-refractivity contribution in [1.29, 1.82) is 0 Å². The molecule has 178 valence electrons. The monoisotopic (exact) mass is 469 g/mol. The van der Waals surface area contributed by atoms with Crippen molar-refractivity contribution in [3.05, 3.63) is 107 Å². The number of amides is 1. The van der Waals surface area contributed by atoms with Gasteiger partial charge in [-0.1, -0.05) is 68.4 Å². The summed E-state index contributed by atoms with van der Waals surface area (Å²) in [5, 5.41) is 0. The minimum Gasteiger partial charge on any atom is -0.489 e. The first-order valence-corrected chi connectivity index (χ1v) is 11.9. The second kappa shape index (κ2) is 9.14. The topological polar surface area (TPSA) is 46.6 Å². The maximum atomic E-state index is 14.7. The molecule has 0 radical (unpaired) electrons. The van der Waals surface area contributed by atoms with Gasteiger partial charge in [0.2, 0.25) is 5.91 Å². The molecule has 5 heteroatoms. The lowest BCUT2D eigenvalue weighted by Gasteiger charge is -2.43. The van der Waals surface area contributed by atoms with Crippen molar-refractivity contribution in [1.82, 2.24) is 0 Å². The molecule has 1 aliphatic heterocycles. The fraction of sp³-hybridized carbons (Fsp3) is 0.267. The molecule has 3 aromatic rings. The summed E-state index contributed by atoms with van der Waals surface area (Å²) in [6.45, 7) is 4.49. The lowest BCUT2D eigenvalue weighted by Crippen LogP contribution is -2.44. The molecule has 1 amide bonds. The third kappa shape index (κ3) is 4.63. The average molecular weight is 470 g/mol. The maximum absolute atomic E-state index is 14.7. The van der Waals surface area contributed by atoms with Crippen molar-refractivity contribution >= 4 is 17.4 Å². The number of halogens is 1. The number of ketones is 1. The quantitative estimate of drug-likeness (QED) is 0.425. The highest BCUT2D eigenvalue weighted by Gasteiger charge is 2.44. The predicted octanol–water partition coefficient (Wildman–Crippen LogP) is 6.57. The Kier molecular flexibility index (Phi) is 6.01. The molecule has 0 saturated carbocycles. The zero-order valence-electron chi connectivity index (χ0n) is 20.0. The van der Waals surface area contributed by atoms with Gasteiger partial charge in [0, 0.05) is 30.0 Å². The van der Waals surface area contributed by atoms with Crippen LogP contribution < -0.4 is 9.64 Å². The number of anilines is 1. The van der Waals surface area contributed by atoms with E-state index in [1.807, 2.05) is 68.4 Å². The van der Waals surface area contributed by atoms with Crippen LogP contribution in [0.25, 0.3) is 0 Å². The zero-order chi connectivity index (χ0) is 24.6. The number of benzene rings is 3. The van der Waals surface area contributed by atoms with E-state index in [2.05, 4.69) is 0 Å². The SMILES string of the molecule is CC1(C)CC(=O)C2=C(C1)N(c1ccccc1F)C(=O)CC2c1ccc(OCc2ccccc2)cc1. The summed E-state index contributed by atoms with van der Waals surface area (Å²) in [5.74, 6) is -0.277. The molecule has 5 rings (SSSR count). The largest absolute Gasteiger partial charge is 0.489 e. The summed E-state index contributed by atoms with van der Waals surface area (Å²) < 4.78 is 20.6. The van der Waals surface area contributed by atoms with Crippen LogP contribution in [-0.2, 0) is 16.2 Å². The molecule has 0 N–H and O–H groups in total. The van der Waals surface area contributed by atoms with Crippen LogP contribution >= 0.6 is 0 Å². The number of ether oxygens (including phenoxy) is 1. The first-order chi connectivity index (χ1) is 16.8. The number of carbonyl (C=O) groups excluding carboxylic acids is 2. The number of allylic oxidation sites excluding steroid dienone is 2. The third-order valence-corrected chi connectivity index (χ3v) is 6.77. The highest BCUT2D eigenvalue weighted by Crippen LogP contribution is 2.48. The third-order valence-electron chi connectivity index (χ3n) is 6.77. The smallest absolute Gasteiger partial charge is 0.232 e. The Morgan fingerprint density at radius 2 is 1.60 bits per heavy atom. The normalized spacial score (nSPS) is 19.5. The molecule has 0 fully saturated rings. The molecule has 1 aliphatic carbocycles. The molecule has 0 bridgehead atoms. The van der Waals surface area contributed by atoms with E-state index in [4.69, 9.17) is 4.74 Å². The van der Waals surface area contributed by atoms with Gasteiger partial charge in [-0.05, 0) is 47.2 Å². The van der Waals surface area contributed by atoms with Gasteiger partial charge < -0.3 is 4.74 Å². The van der Waals surface area contributed by atoms with Crippen molar-refractivity contribution in [3.63, 3.8) is 0 Å². The van der Waals surface area contributed by atoms with Gasteiger partial charge in [0.15, 0.2) is 5.78 Å². The van der Waals surface area contributed by atoms with Gasteiger partial charge in [0.25, 0.3) is 0 Å². The van der Waals surface area contributed by atoms with E-state index in [1.54, 1.807) is 18.2 Å². The van der Waals surface area contributed by atoms with Crippen LogP contribution in [0, 0.1) is 11.2 Å². The van der Waals surface area contributed by atoms with Gasteiger partial charge in [0.05, 0.1) is 5.69 Å². The Balaban J connectivity index is 1.49. The van der Waals surface area contributed by atoms with E-state index in [0.29, 0.717) is 30.7 Å². The molecule has 2 aliphatic rings. The second-order valence-electron chi connectivity index (χ2n) is 10.1. The predicted molar refractivity (Wildman–Crippen MR) is 134 cm³/mol. The molecule has 4 nitrogen and oxygen atoms in total. The van der Waals surface area contributed by atoms with Crippen LogP contribution in [-0.4, -0.2) is 11.7 Å². The summed E-state index contributed by atoms with van der Waals surface area (Å²) in [4.78, 5) is 28.3. The Hall–Kier alpha value is -3.73. The fourth-order valence-corrected chi connectivity index (χ4v) is 5.15. The van der Waals surface area contributed by atoms with Gasteiger partial charge in [-0.25, -0.2) is 4.39 Å². The summed E-state index contributed by atoms with van der Waals surface area (Å²) in [6, 6.07) is 23.8. The lowest BCUT2D eigenvalue weighted by atomic mass is 9.69. The van der Waals surface area contributed by atoms with Crippen LogP contribution in [0.5, 0.6) is 5.75 Å². The van der Waals surface area contributed by atoms with Gasteiger partial charge in [-0.3, -0.25) is 14.5 Å². The Bertz CT molecular complexity index is 1290. The number of hydrogen-bond donors (Lipinski definition) is 0. The maximum Gasteiger partial charge on any atom is 0.232 e. The molecule has 1 atom stereocenters. The molecule has 0 saturated heterocycles. The minimum absolute atomic E-state index is 0.0273. The van der Waals surface area contributed by atoms with Gasteiger partial charge in [-0.15, -0.1) is 0 Å². The number of hydrogen-bond acceptors (Lipinski definition) is 3. The van der Waals surface area contributed by atoms with Crippen LogP contribution in [0.2, 0.25) is 0 Å². The van der Waals surface area contributed by atoms with E-state index in [0.717, 1.165) is 16.9 Å². The molecule has 35 heavy (non-hydrogen) atoms. The van der Waals surface area contributed by atoms with Crippen molar-refractivity contribution in [2.75, 3.05) is 4.90 Å². The molecule has 0 aromatic heterocycles. The van der Waals surface area contributed by atoms with Gasteiger partial charge in [-0.2, -0.15) is 0 Å². The lowest BCUT2D eigenvalue weighted by molar-refractivity contribution is -0.121. The molecule has 3 aromatic carbocycles. The van der Waals surface area contributed by atoms with Crippen molar-refractivity contribution in [2.24, 2.45) is 5.41 Å². The molecular formula is C30H28FNO3. The van der Waals surface area contributed by atoms with E-state index >= 15 is 0 Å². The zero-order valence-corrected chi connectivity index (χ0v) is 20.0. The molecular weight excluding hydrogens is 441 g/mol. The molecule has 1 heterocycles. The highest BCUT2D eigenvalue weighted by atomic mass is 19.1. The summed E-state index contributed by atoms with van der Waals surface area (Å²) >= 11 is 0. The second-order valence-corrected chi connectivity index (χ2v) is 10.1. The van der Waals surface area contributed by atoms with E-state index in [1.165, 1.54) is 11.0 Å². The Morgan fingerprint density at radius 3 is 2.31 bits per heavy atom. The number of rotatable bonds is 5. The first kappa shape index (κ1) is 23.0. The van der Waals surface area contributed by atoms with E-state index in [-0.39, 0.29) is 35.1 Å². The average Bonchev–Trinajstić information content (AvgIpc) is 2.83.